The normalized spacial score (nSPS) is 16.3. The Morgan fingerprint density at radius 2 is 2.03 bits per heavy atom. The molecule has 4 rings (SSSR count). The fourth-order valence-electron chi connectivity index (χ4n) is 4.36. The maximum absolute atomic E-state index is 13.4. The molecule has 0 spiro atoms. The molecular weight excluding hydrogens is 495 g/mol. The molecule has 3 aromatic rings. The van der Waals surface area contributed by atoms with Gasteiger partial charge in [-0.05, 0) is 48.4 Å². The number of aliphatic hydroxyl groups excluding tert-OH is 2. The van der Waals surface area contributed by atoms with E-state index in [1.54, 1.807) is 0 Å². The Hall–Kier alpha value is -4.41. The summed E-state index contributed by atoms with van der Waals surface area (Å²) in [6.45, 7) is 0.725. The first-order chi connectivity index (χ1) is 17.5. The maximum Gasteiger partial charge on any atom is 0.416 e. The Balaban J connectivity index is 2.05. The third-order valence-corrected chi connectivity index (χ3v) is 6.02. The highest BCUT2D eigenvalue weighted by Gasteiger charge is 2.41. The highest BCUT2D eigenvalue weighted by molar-refractivity contribution is 5.93. The van der Waals surface area contributed by atoms with E-state index in [1.807, 2.05) is 6.07 Å². The first-order valence-corrected chi connectivity index (χ1v) is 10.8. The third kappa shape index (κ3) is 4.37. The van der Waals surface area contributed by atoms with Crippen LogP contribution in [0, 0.1) is 11.3 Å². The number of H-pyrrole nitrogens is 1. The number of nitrogens with zero attached hydrogens (tertiary/aromatic N) is 4. The molecule has 0 saturated carbocycles. The van der Waals surface area contributed by atoms with Gasteiger partial charge in [0.2, 0.25) is 5.95 Å². The van der Waals surface area contributed by atoms with Crippen molar-refractivity contribution in [2.45, 2.75) is 25.2 Å². The summed E-state index contributed by atoms with van der Waals surface area (Å²) in [5.74, 6) is -1.03. The molecule has 37 heavy (non-hydrogen) atoms. The number of anilines is 2. The minimum Gasteiger partial charge on any atom is -0.466 e. The van der Waals surface area contributed by atoms with Gasteiger partial charge in [0.15, 0.2) is 0 Å². The van der Waals surface area contributed by atoms with Crippen LogP contribution >= 0.6 is 0 Å². The topological polar surface area (TPSA) is 144 Å². The fraction of sp³-hybridized carbons (Fsp3) is 0.250. The fourth-order valence-corrected chi connectivity index (χ4v) is 4.36. The zero-order valence-corrected chi connectivity index (χ0v) is 19.4. The van der Waals surface area contributed by atoms with Gasteiger partial charge in [0, 0.05) is 11.4 Å². The first kappa shape index (κ1) is 25.7. The minimum absolute atomic E-state index is 0.0251. The molecule has 0 bridgehead atoms. The summed E-state index contributed by atoms with van der Waals surface area (Å²) in [6.07, 6.45) is -6.13. The number of nitrogens with one attached hydrogen (secondary N) is 1. The van der Waals surface area contributed by atoms with Crippen LogP contribution in [0.3, 0.4) is 0 Å². The Morgan fingerprint density at radius 1 is 1.30 bits per heavy atom. The van der Waals surface area contributed by atoms with Gasteiger partial charge in [-0.2, -0.15) is 18.4 Å². The lowest BCUT2D eigenvalue weighted by atomic mass is 9.88. The summed E-state index contributed by atoms with van der Waals surface area (Å²) in [5.41, 5.74) is -1.43. The second-order valence-electron chi connectivity index (χ2n) is 8.13. The number of alkyl halides is 3. The molecule has 1 aliphatic rings. The number of allylic oxidation sites excluding steroid dienone is 1. The van der Waals surface area contributed by atoms with Gasteiger partial charge in [0.1, 0.15) is 12.1 Å². The van der Waals surface area contributed by atoms with E-state index >= 15 is 0 Å². The first-order valence-electron chi connectivity index (χ1n) is 10.8. The third-order valence-electron chi connectivity index (χ3n) is 6.02. The van der Waals surface area contributed by atoms with E-state index in [-0.39, 0.29) is 39.6 Å². The summed E-state index contributed by atoms with van der Waals surface area (Å²) >= 11 is 0. The second kappa shape index (κ2) is 9.57. The van der Waals surface area contributed by atoms with Gasteiger partial charge in [0.05, 0.1) is 36.5 Å². The summed E-state index contributed by atoms with van der Waals surface area (Å²) in [7, 11) is 1.10. The van der Waals surface area contributed by atoms with Crippen LogP contribution in [0.2, 0.25) is 0 Å². The lowest BCUT2D eigenvalue weighted by Gasteiger charge is -2.36. The van der Waals surface area contributed by atoms with E-state index in [9.17, 15) is 38.2 Å². The average molecular weight is 515 g/mol. The van der Waals surface area contributed by atoms with Crippen LogP contribution in [0.1, 0.15) is 41.3 Å². The van der Waals surface area contributed by atoms with Gasteiger partial charge in [-0.3, -0.25) is 4.90 Å². The molecule has 0 saturated heterocycles. The second-order valence-corrected chi connectivity index (χ2v) is 8.13. The zero-order chi connectivity index (χ0) is 27.1. The molecule has 192 valence electrons. The largest absolute Gasteiger partial charge is 0.466 e. The van der Waals surface area contributed by atoms with Crippen molar-refractivity contribution in [2.75, 3.05) is 18.6 Å². The van der Waals surface area contributed by atoms with Crippen molar-refractivity contribution in [3.8, 4) is 6.07 Å². The van der Waals surface area contributed by atoms with Gasteiger partial charge in [-0.1, -0.05) is 12.1 Å². The van der Waals surface area contributed by atoms with Crippen molar-refractivity contribution >= 4 is 17.6 Å². The molecule has 13 heteroatoms. The van der Waals surface area contributed by atoms with Crippen molar-refractivity contribution in [3.05, 3.63) is 86.5 Å². The number of hydrogen-bond donors (Lipinski definition) is 3. The number of hydrogen-bond acceptors (Lipinski definition) is 8. The molecule has 0 radical (unpaired) electrons. The minimum atomic E-state index is -4.65. The molecule has 2 aromatic carbocycles. The van der Waals surface area contributed by atoms with Crippen LogP contribution < -0.4 is 10.6 Å². The van der Waals surface area contributed by atoms with Crippen LogP contribution in [0.5, 0.6) is 0 Å². The monoisotopic (exact) mass is 515 g/mol. The molecule has 1 aromatic heterocycles. The lowest BCUT2D eigenvalue weighted by molar-refractivity contribution is -0.138. The number of fused-ring (bicyclic) bond motifs is 1. The highest BCUT2D eigenvalue weighted by atomic mass is 19.4. The number of aromatic nitrogens is 3. The maximum atomic E-state index is 13.4. The van der Waals surface area contributed by atoms with Gasteiger partial charge in [-0.25, -0.2) is 19.3 Å². The molecule has 10 nitrogen and oxygen atoms in total. The predicted octanol–water partition coefficient (Wildman–Crippen LogP) is 2.68. The number of rotatable bonds is 5. The number of nitriles is 1. The quantitative estimate of drug-likeness (QED) is 0.440. The zero-order valence-electron chi connectivity index (χ0n) is 19.4. The summed E-state index contributed by atoms with van der Waals surface area (Å²) in [5, 5.41) is 35.7. The molecule has 3 N–H and O–H groups in total. The lowest BCUT2D eigenvalue weighted by Crippen LogP contribution is -2.38. The number of benzene rings is 2. The SMILES string of the molecule is COC(=O)C1=C(C)N(c2cccc(C(F)(F)F)c2)c2n[nH]c(=O)n2C1c1ccc(C#N)cc1[C@H](O)CO. The van der Waals surface area contributed by atoms with E-state index in [2.05, 4.69) is 10.2 Å². The standard InChI is InChI=1S/C24H20F3N5O5/c1-12-19(21(35)37-2)20(16-7-6-13(10-28)8-17(16)18(34)11-33)32-22(29-30-23(32)36)31(12)15-5-3-4-14(9-15)24(25,26)27/h3-9,18,20,33-34H,11H2,1-2H3,(H,30,36)/t18-,20?/m1/s1. The molecule has 2 heterocycles. The number of halogens is 3. The number of carbonyl (C=O) groups excluding carboxylic acids is 1. The summed E-state index contributed by atoms with van der Waals surface area (Å²) < 4.78 is 46.3. The van der Waals surface area contributed by atoms with Gasteiger partial charge in [0.25, 0.3) is 0 Å². The van der Waals surface area contributed by atoms with Crippen molar-refractivity contribution in [1.82, 2.24) is 14.8 Å². The molecule has 0 fully saturated rings. The number of carbonyl (C=O) groups is 1. The van der Waals surface area contributed by atoms with Gasteiger partial charge >= 0.3 is 17.8 Å². The van der Waals surface area contributed by atoms with E-state index in [0.717, 1.165) is 23.8 Å². The van der Waals surface area contributed by atoms with Crippen molar-refractivity contribution in [2.24, 2.45) is 0 Å². The van der Waals surface area contributed by atoms with E-state index < -0.39 is 42.2 Å². The number of aromatic amines is 1. The van der Waals surface area contributed by atoms with Crippen LogP contribution in [-0.4, -0.2) is 44.7 Å². The number of aliphatic hydroxyl groups is 2. The van der Waals surface area contributed by atoms with Crippen LogP contribution in [0.25, 0.3) is 0 Å². The average Bonchev–Trinajstić information content (AvgIpc) is 3.26. The molecule has 0 aliphatic carbocycles. The Kier molecular flexibility index (Phi) is 6.64. The van der Waals surface area contributed by atoms with Crippen LogP contribution in [0.15, 0.2) is 58.5 Å². The molecular formula is C24H20F3N5O5. The summed E-state index contributed by atoms with van der Waals surface area (Å²) in [6, 6.07) is 9.05. The Labute approximate surface area is 207 Å². The molecule has 1 unspecified atom stereocenters. The van der Waals surface area contributed by atoms with E-state index in [0.29, 0.717) is 0 Å². The van der Waals surface area contributed by atoms with Crippen LogP contribution in [0.4, 0.5) is 24.8 Å². The smallest absolute Gasteiger partial charge is 0.416 e. The molecule has 1 aliphatic heterocycles. The highest BCUT2D eigenvalue weighted by Crippen LogP contribution is 2.44. The Morgan fingerprint density at radius 3 is 2.65 bits per heavy atom. The molecule has 0 amide bonds. The number of ether oxygens (including phenoxy) is 1. The van der Waals surface area contributed by atoms with Gasteiger partial charge in [-0.15, -0.1) is 5.10 Å². The van der Waals surface area contributed by atoms with Crippen LogP contribution in [-0.2, 0) is 15.7 Å². The van der Waals surface area contributed by atoms with Gasteiger partial charge < -0.3 is 14.9 Å². The number of methoxy groups -OCH3 is 1. The molecule has 2 atom stereocenters. The van der Waals surface area contributed by atoms with Crippen molar-refractivity contribution in [1.29, 1.82) is 5.26 Å². The van der Waals surface area contributed by atoms with Crippen molar-refractivity contribution < 1.29 is 32.9 Å². The number of esters is 1. The summed E-state index contributed by atoms with van der Waals surface area (Å²) in [4.78, 5) is 27.3. The van der Waals surface area contributed by atoms with E-state index in [4.69, 9.17) is 4.74 Å². The predicted molar refractivity (Wildman–Crippen MR) is 122 cm³/mol. The Bertz CT molecular complexity index is 1500. The van der Waals surface area contributed by atoms with E-state index in [1.165, 1.54) is 42.2 Å². The van der Waals surface area contributed by atoms with Crippen molar-refractivity contribution in [3.63, 3.8) is 0 Å².